The van der Waals surface area contributed by atoms with Gasteiger partial charge in [-0.1, -0.05) is 19.3 Å². The lowest BCUT2D eigenvalue weighted by atomic mass is 9.98. The number of ether oxygens (including phenoxy) is 2. The first-order valence-corrected chi connectivity index (χ1v) is 8.55. The highest BCUT2D eigenvalue weighted by molar-refractivity contribution is 5.77. The van der Waals surface area contributed by atoms with Gasteiger partial charge in [0.15, 0.2) is 0 Å². The minimum Gasteiger partial charge on any atom is -0.373 e. The molecule has 120 valence electrons. The molecule has 21 heavy (non-hydrogen) atoms. The number of nitrogens with zero attached hydrogens (tertiary/aromatic N) is 1. The van der Waals surface area contributed by atoms with Gasteiger partial charge in [0.2, 0.25) is 5.91 Å². The van der Waals surface area contributed by atoms with Crippen molar-refractivity contribution in [3.63, 3.8) is 0 Å². The predicted molar refractivity (Wildman–Crippen MR) is 80.2 cm³/mol. The summed E-state index contributed by atoms with van der Waals surface area (Å²) in [6.45, 7) is 3.76. The van der Waals surface area contributed by atoms with Gasteiger partial charge >= 0.3 is 0 Å². The van der Waals surface area contributed by atoms with Gasteiger partial charge in [0.1, 0.15) is 6.61 Å². The lowest BCUT2D eigenvalue weighted by Gasteiger charge is -2.35. The zero-order valence-corrected chi connectivity index (χ0v) is 12.9. The van der Waals surface area contributed by atoms with Crippen molar-refractivity contribution >= 4 is 5.91 Å². The molecule has 0 spiro atoms. The molecule has 5 heteroatoms. The van der Waals surface area contributed by atoms with Gasteiger partial charge in [-0.05, 0) is 32.2 Å². The van der Waals surface area contributed by atoms with E-state index in [1.807, 2.05) is 0 Å². The van der Waals surface area contributed by atoms with Gasteiger partial charge in [-0.25, -0.2) is 0 Å². The second-order valence-corrected chi connectivity index (χ2v) is 6.62. The average molecular weight is 296 g/mol. The lowest BCUT2D eigenvalue weighted by molar-refractivity contribution is -0.129. The van der Waals surface area contributed by atoms with Crippen LogP contribution in [-0.4, -0.2) is 61.9 Å². The van der Waals surface area contributed by atoms with Crippen molar-refractivity contribution in [2.75, 3.05) is 32.8 Å². The third-order valence-corrected chi connectivity index (χ3v) is 4.99. The molecule has 0 aromatic rings. The van der Waals surface area contributed by atoms with Crippen LogP contribution in [0.15, 0.2) is 0 Å². The van der Waals surface area contributed by atoms with E-state index in [1.165, 1.54) is 38.6 Å². The normalized spacial score (nSPS) is 31.0. The number of hydrogen-bond donors (Lipinski definition) is 1. The fourth-order valence-corrected chi connectivity index (χ4v) is 3.71. The van der Waals surface area contributed by atoms with E-state index in [0.29, 0.717) is 18.7 Å². The second kappa shape index (κ2) is 7.56. The topological polar surface area (TPSA) is 50.8 Å². The van der Waals surface area contributed by atoms with Crippen molar-refractivity contribution in [2.45, 2.75) is 63.2 Å². The number of hydrogen-bond acceptors (Lipinski definition) is 4. The highest BCUT2D eigenvalue weighted by Gasteiger charge is 2.32. The van der Waals surface area contributed by atoms with E-state index in [1.54, 1.807) is 0 Å². The molecule has 2 heterocycles. The van der Waals surface area contributed by atoms with Crippen LogP contribution in [0.25, 0.3) is 0 Å². The summed E-state index contributed by atoms with van der Waals surface area (Å²) in [5.74, 6) is -0.00674. The van der Waals surface area contributed by atoms with Crippen LogP contribution < -0.4 is 5.32 Å². The molecule has 3 fully saturated rings. The van der Waals surface area contributed by atoms with Crippen LogP contribution in [0.3, 0.4) is 0 Å². The van der Waals surface area contributed by atoms with Gasteiger partial charge in [0.25, 0.3) is 0 Å². The Morgan fingerprint density at radius 1 is 1.19 bits per heavy atom. The van der Waals surface area contributed by atoms with Crippen LogP contribution in [0.5, 0.6) is 0 Å². The van der Waals surface area contributed by atoms with Gasteiger partial charge in [-0.3, -0.25) is 9.69 Å². The van der Waals surface area contributed by atoms with Gasteiger partial charge < -0.3 is 14.8 Å². The molecule has 1 saturated carbocycles. The third-order valence-electron chi connectivity index (χ3n) is 4.99. The zero-order valence-electron chi connectivity index (χ0n) is 12.9. The Labute approximate surface area is 127 Å². The van der Waals surface area contributed by atoms with Crippen molar-refractivity contribution < 1.29 is 14.3 Å². The van der Waals surface area contributed by atoms with Crippen LogP contribution in [0, 0.1) is 0 Å². The van der Waals surface area contributed by atoms with E-state index in [0.717, 1.165) is 26.0 Å². The van der Waals surface area contributed by atoms with E-state index in [9.17, 15) is 4.79 Å². The van der Waals surface area contributed by atoms with Crippen molar-refractivity contribution in [3.8, 4) is 0 Å². The maximum absolute atomic E-state index is 11.9. The minimum absolute atomic E-state index is 0.00674. The van der Waals surface area contributed by atoms with E-state index in [4.69, 9.17) is 9.47 Å². The quantitative estimate of drug-likeness (QED) is 0.831. The highest BCUT2D eigenvalue weighted by Crippen LogP contribution is 2.22. The number of carbonyl (C=O) groups is 1. The monoisotopic (exact) mass is 296 g/mol. The summed E-state index contributed by atoms with van der Waals surface area (Å²) in [5, 5.41) is 2.96. The van der Waals surface area contributed by atoms with Crippen LogP contribution in [-0.2, 0) is 14.3 Å². The van der Waals surface area contributed by atoms with Crippen LogP contribution >= 0.6 is 0 Å². The highest BCUT2D eigenvalue weighted by atomic mass is 16.5. The fraction of sp³-hybridized carbons (Fsp3) is 0.938. The summed E-state index contributed by atoms with van der Waals surface area (Å²) < 4.78 is 11.5. The number of nitrogens with one attached hydrogen (secondary N) is 1. The molecule has 0 aromatic carbocycles. The lowest BCUT2D eigenvalue weighted by Crippen LogP contribution is -2.50. The van der Waals surface area contributed by atoms with Gasteiger partial charge in [0, 0.05) is 19.1 Å². The summed E-state index contributed by atoms with van der Waals surface area (Å²) in [7, 11) is 0. The molecule has 0 bridgehead atoms. The maximum Gasteiger partial charge on any atom is 0.246 e. The Morgan fingerprint density at radius 3 is 2.90 bits per heavy atom. The van der Waals surface area contributed by atoms with Crippen molar-refractivity contribution in [2.24, 2.45) is 0 Å². The molecule has 2 unspecified atom stereocenters. The molecule has 0 radical (unpaired) electrons. The zero-order chi connectivity index (χ0) is 14.5. The first-order chi connectivity index (χ1) is 10.3. The molecule has 1 N–H and O–H groups in total. The Morgan fingerprint density at radius 2 is 2.05 bits per heavy atom. The Bertz CT molecular complexity index is 344. The molecule has 1 aliphatic carbocycles. The first-order valence-electron chi connectivity index (χ1n) is 8.55. The number of fused-ring (bicyclic) bond motifs is 1. The number of carbonyl (C=O) groups excluding carboxylic acids is 1. The summed E-state index contributed by atoms with van der Waals surface area (Å²) in [5.41, 5.74) is 0. The van der Waals surface area contributed by atoms with Crippen molar-refractivity contribution in [3.05, 3.63) is 0 Å². The number of morpholine rings is 1. The average Bonchev–Trinajstić information content (AvgIpc) is 2.99. The molecule has 2 aliphatic heterocycles. The van der Waals surface area contributed by atoms with Gasteiger partial charge in [0.05, 0.1) is 18.8 Å². The predicted octanol–water partition coefficient (Wildman–Crippen LogP) is 1.32. The smallest absolute Gasteiger partial charge is 0.246 e. The van der Waals surface area contributed by atoms with Crippen LogP contribution in [0.4, 0.5) is 0 Å². The standard InChI is InChI=1S/C16H28N2O3/c19-16(12-21-14-6-2-1-3-7-14)17-9-15-10-18-8-4-5-13(18)11-20-15/h13-15H,1-12H2,(H,17,19). The number of rotatable bonds is 5. The minimum atomic E-state index is -0.00674. The van der Waals surface area contributed by atoms with E-state index in [-0.39, 0.29) is 18.6 Å². The fourth-order valence-electron chi connectivity index (χ4n) is 3.71. The van der Waals surface area contributed by atoms with E-state index < -0.39 is 0 Å². The molecule has 3 aliphatic rings. The largest absolute Gasteiger partial charge is 0.373 e. The van der Waals surface area contributed by atoms with Crippen LogP contribution in [0.1, 0.15) is 44.9 Å². The molecule has 3 rings (SSSR count). The SMILES string of the molecule is O=C(COC1CCCCC1)NCC1CN2CCCC2CO1. The molecule has 2 atom stereocenters. The molecule has 1 amide bonds. The van der Waals surface area contributed by atoms with Crippen molar-refractivity contribution in [1.29, 1.82) is 0 Å². The maximum atomic E-state index is 11.9. The summed E-state index contributed by atoms with van der Waals surface area (Å²) in [4.78, 5) is 14.3. The molecule has 5 nitrogen and oxygen atoms in total. The van der Waals surface area contributed by atoms with Gasteiger partial charge in [-0.15, -0.1) is 0 Å². The molecule has 0 aromatic heterocycles. The molecule has 2 saturated heterocycles. The Balaban J connectivity index is 1.30. The van der Waals surface area contributed by atoms with Gasteiger partial charge in [-0.2, -0.15) is 0 Å². The second-order valence-electron chi connectivity index (χ2n) is 6.62. The third kappa shape index (κ3) is 4.41. The summed E-state index contributed by atoms with van der Waals surface area (Å²) in [6, 6.07) is 0.617. The molecular formula is C16H28N2O3. The molecular weight excluding hydrogens is 268 g/mol. The Kier molecular flexibility index (Phi) is 5.49. The number of amides is 1. The summed E-state index contributed by atoms with van der Waals surface area (Å²) in [6.07, 6.45) is 8.96. The van der Waals surface area contributed by atoms with E-state index in [2.05, 4.69) is 10.2 Å². The van der Waals surface area contributed by atoms with Crippen LogP contribution in [0.2, 0.25) is 0 Å². The first kappa shape index (κ1) is 15.3. The van der Waals surface area contributed by atoms with Crippen molar-refractivity contribution in [1.82, 2.24) is 10.2 Å². The van der Waals surface area contributed by atoms with E-state index >= 15 is 0 Å². The Hall–Kier alpha value is -0.650. The summed E-state index contributed by atoms with van der Waals surface area (Å²) >= 11 is 0.